The van der Waals surface area contributed by atoms with Crippen LogP contribution in [0.4, 0.5) is 0 Å². The van der Waals surface area contributed by atoms with Gasteiger partial charge in [-0.3, -0.25) is 4.79 Å². The summed E-state index contributed by atoms with van der Waals surface area (Å²) in [7, 11) is 0. The van der Waals surface area contributed by atoms with Gasteiger partial charge in [0, 0.05) is 6.04 Å². The molecule has 0 fully saturated rings. The quantitative estimate of drug-likeness (QED) is 0.708. The van der Waals surface area contributed by atoms with E-state index in [1.807, 2.05) is 19.9 Å². The Hall–Kier alpha value is -1.04. The fourth-order valence-electron chi connectivity index (χ4n) is 1.36. The Balaban J connectivity index is 4.08. The average Bonchev–Trinajstić information content (AvgIpc) is 2.19. The first-order chi connectivity index (χ1) is 6.69. The average molecular weight is 196 g/mol. The van der Waals surface area contributed by atoms with E-state index in [1.165, 1.54) is 0 Å². The minimum atomic E-state index is -0.485. The van der Waals surface area contributed by atoms with Gasteiger partial charge in [0.1, 0.15) is 5.92 Å². The van der Waals surface area contributed by atoms with Crippen molar-refractivity contribution in [3.8, 4) is 6.07 Å². The molecule has 0 aliphatic heterocycles. The summed E-state index contributed by atoms with van der Waals surface area (Å²) in [6, 6.07) is 2.24. The smallest absolute Gasteiger partial charge is 0.237 e. The summed E-state index contributed by atoms with van der Waals surface area (Å²) in [5.74, 6) is -0.601. The standard InChI is InChI=1S/C11H20N2O/c1-4-7-10(6-3)13-11(14)9(5-2)8-12/h9-10H,4-7H2,1-3H3,(H,13,14). The number of rotatable bonds is 6. The van der Waals surface area contributed by atoms with Crippen LogP contribution in [0, 0.1) is 17.2 Å². The van der Waals surface area contributed by atoms with Crippen molar-refractivity contribution in [1.82, 2.24) is 5.32 Å². The Bertz CT molecular complexity index is 208. The van der Waals surface area contributed by atoms with E-state index in [2.05, 4.69) is 12.2 Å². The fraction of sp³-hybridized carbons (Fsp3) is 0.818. The monoisotopic (exact) mass is 196 g/mol. The molecule has 0 aromatic carbocycles. The molecule has 0 rings (SSSR count). The third kappa shape index (κ3) is 4.27. The molecule has 0 aromatic rings. The minimum Gasteiger partial charge on any atom is -0.352 e. The predicted octanol–water partition coefficient (Wildman–Crippen LogP) is 2.23. The molecule has 1 amide bonds. The molecule has 0 spiro atoms. The van der Waals surface area contributed by atoms with Crippen LogP contribution in [0.15, 0.2) is 0 Å². The molecule has 0 bridgehead atoms. The highest BCUT2D eigenvalue weighted by Gasteiger charge is 2.17. The molecule has 0 saturated heterocycles. The van der Waals surface area contributed by atoms with Crippen LogP contribution < -0.4 is 5.32 Å². The molecular weight excluding hydrogens is 176 g/mol. The molecule has 0 aliphatic rings. The number of carbonyl (C=O) groups is 1. The van der Waals surface area contributed by atoms with E-state index >= 15 is 0 Å². The highest BCUT2D eigenvalue weighted by molar-refractivity contribution is 5.81. The van der Waals surface area contributed by atoms with E-state index in [-0.39, 0.29) is 11.9 Å². The second-order valence-corrected chi connectivity index (χ2v) is 3.49. The first-order valence-corrected chi connectivity index (χ1v) is 5.39. The van der Waals surface area contributed by atoms with Crippen LogP contribution >= 0.6 is 0 Å². The lowest BCUT2D eigenvalue weighted by Crippen LogP contribution is -2.38. The number of amides is 1. The molecule has 14 heavy (non-hydrogen) atoms. The number of nitriles is 1. The summed E-state index contributed by atoms with van der Waals surface area (Å²) in [6.45, 7) is 6.00. The maximum atomic E-state index is 11.5. The lowest BCUT2D eigenvalue weighted by Gasteiger charge is -2.17. The zero-order valence-corrected chi connectivity index (χ0v) is 9.34. The molecule has 0 radical (unpaired) electrons. The van der Waals surface area contributed by atoms with Gasteiger partial charge < -0.3 is 5.32 Å². The van der Waals surface area contributed by atoms with E-state index in [9.17, 15) is 4.79 Å². The molecule has 3 nitrogen and oxygen atoms in total. The first kappa shape index (κ1) is 13.0. The number of nitrogens with one attached hydrogen (secondary N) is 1. The maximum absolute atomic E-state index is 11.5. The molecule has 2 unspecified atom stereocenters. The molecule has 3 heteroatoms. The van der Waals surface area contributed by atoms with Gasteiger partial charge in [0.15, 0.2) is 0 Å². The minimum absolute atomic E-state index is 0.115. The second kappa shape index (κ2) is 7.37. The van der Waals surface area contributed by atoms with Crippen molar-refractivity contribution in [2.24, 2.45) is 5.92 Å². The molecule has 2 atom stereocenters. The molecule has 0 aromatic heterocycles. The maximum Gasteiger partial charge on any atom is 0.237 e. The number of hydrogen-bond acceptors (Lipinski definition) is 2. The summed E-state index contributed by atoms with van der Waals surface area (Å²) < 4.78 is 0. The van der Waals surface area contributed by atoms with Gasteiger partial charge in [-0.2, -0.15) is 5.26 Å². The van der Waals surface area contributed by atoms with Crippen LogP contribution in [0.25, 0.3) is 0 Å². The van der Waals surface area contributed by atoms with Crippen molar-refractivity contribution in [1.29, 1.82) is 5.26 Å². The zero-order valence-electron chi connectivity index (χ0n) is 9.34. The van der Waals surface area contributed by atoms with E-state index in [1.54, 1.807) is 0 Å². The van der Waals surface area contributed by atoms with Gasteiger partial charge in [-0.05, 0) is 19.3 Å². The van der Waals surface area contributed by atoms with Crippen molar-refractivity contribution in [2.75, 3.05) is 0 Å². The third-order valence-corrected chi connectivity index (χ3v) is 2.36. The first-order valence-electron chi connectivity index (χ1n) is 5.39. The summed E-state index contributed by atoms with van der Waals surface area (Å²) in [5, 5.41) is 11.6. The SMILES string of the molecule is CCCC(CC)NC(=O)C(C#N)CC. The lowest BCUT2D eigenvalue weighted by atomic mass is 10.1. The van der Waals surface area contributed by atoms with Crippen molar-refractivity contribution < 1.29 is 4.79 Å². The van der Waals surface area contributed by atoms with Gasteiger partial charge in [0.05, 0.1) is 6.07 Å². The lowest BCUT2D eigenvalue weighted by molar-refractivity contribution is -0.124. The second-order valence-electron chi connectivity index (χ2n) is 3.49. The van der Waals surface area contributed by atoms with Gasteiger partial charge in [-0.25, -0.2) is 0 Å². The summed E-state index contributed by atoms with van der Waals surface area (Å²) in [6.07, 6.45) is 3.57. The number of nitrogens with zero attached hydrogens (tertiary/aromatic N) is 1. The van der Waals surface area contributed by atoms with E-state index in [4.69, 9.17) is 5.26 Å². The summed E-state index contributed by atoms with van der Waals surface area (Å²) >= 11 is 0. The highest BCUT2D eigenvalue weighted by atomic mass is 16.1. The van der Waals surface area contributed by atoms with E-state index in [0.29, 0.717) is 6.42 Å². The van der Waals surface area contributed by atoms with Crippen LogP contribution in [0.3, 0.4) is 0 Å². The van der Waals surface area contributed by atoms with Gasteiger partial charge in [-0.15, -0.1) is 0 Å². The molecule has 80 valence electrons. The molecule has 0 heterocycles. The largest absolute Gasteiger partial charge is 0.352 e. The van der Waals surface area contributed by atoms with Crippen molar-refractivity contribution in [3.05, 3.63) is 0 Å². The Kier molecular flexibility index (Phi) is 6.82. The number of carbonyl (C=O) groups excluding carboxylic acids is 1. The summed E-state index contributed by atoms with van der Waals surface area (Å²) in [5.41, 5.74) is 0. The summed E-state index contributed by atoms with van der Waals surface area (Å²) in [4.78, 5) is 11.5. The van der Waals surface area contributed by atoms with Crippen LogP contribution in [-0.4, -0.2) is 11.9 Å². The topological polar surface area (TPSA) is 52.9 Å². The van der Waals surface area contributed by atoms with Crippen molar-refractivity contribution in [3.63, 3.8) is 0 Å². The van der Waals surface area contributed by atoms with E-state index in [0.717, 1.165) is 19.3 Å². The number of hydrogen-bond donors (Lipinski definition) is 1. The Morgan fingerprint density at radius 1 is 1.36 bits per heavy atom. The van der Waals surface area contributed by atoms with Crippen LogP contribution in [0.2, 0.25) is 0 Å². The molecule has 1 N–H and O–H groups in total. The third-order valence-electron chi connectivity index (χ3n) is 2.36. The highest BCUT2D eigenvalue weighted by Crippen LogP contribution is 2.05. The predicted molar refractivity (Wildman–Crippen MR) is 56.5 cm³/mol. The van der Waals surface area contributed by atoms with Crippen LogP contribution in [0.1, 0.15) is 46.5 Å². The molecule has 0 saturated carbocycles. The van der Waals surface area contributed by atoms with Crippen molar-refractivity contribution in [2.45, 2.75) is 52.5 Å². The van der Waals surface area contributed by atoms with Crippen LogP contribution in [-0.2, 0) is 4.79 Å². The fourth-order valence-corrected chi connectivity index (χ4v) is 1.36. The van der Waals surface area contributed by atoms with Gasteiger partial charge >= 0.3 is 0 Å². The normalized spacial score (nSPS) is 14.1. The Morgan fingerprint density at radius 3 is 2.36 bits per heavy atom. The van der Waals surface area contributed by atoms with Crippen molar-refractivity contribution >= 4 is 5.91 Å². The van der Waals surface area contributed by atoms with Gasteiger partial charge in [0.25, 0.3) is 0 Å². The van der Waals surface area contributed by atoms with Crippen LogP contribution in [0.5, 0.6) is 0 Å². The molecular formula is C11H20N2O. The zero-order chi connectivity index (χ0) is 11.0. The van der Waals surface area contributed by atoms with E-state index < -0.39 is 5.92 Å². The Morgan fingerprint density at radius 2 is 2.00 bits per heavy atom. The Labute approximate surface area is 86.5 Å². The van der Waals surface area contributed by atoms with Gasteiger partial charge in [0.2, 0.25) is 5.91 Å². The molecule has 0 aliphatic carbocycles. The van der Waals surface area contributed by atoms with Gasteiger partial charge in [-0.1, -0.05) is 27.2 Å².